The number of fused-ring (bicyclic) bond motifs is 2. The Balaban J connectivity index is 1.84. The van der Waals surface area contributed by atoms with Gasteiger partial charge in [-0.05, 0) is 23.3 Å². The van der Waals surface area contributed by atoms with Gasteiger partial charge in [0.05, 0.1) is 12.5 Å². The molecule has 106 valence electrons. The SMILES string of the molecule is COc1ccc(F)c2[nH]nc(N3Cc4ccccc4C3)c12. The van der Waals surface area contributed by atoms with E-state index in [0.29, 0.717) is 16.7 Å². The van der Waals surface area contributed by atoms with Crippen molar-refractivity contribution >= 4 is 16.7 Å². The molecule has 0 aliphatic carbocycles. The van der Waals surface area contributed by atoms with E-state index in [1.165, 1.54) is 17.2 Å². The minimum atomic E-state index is -0.318. The fraction of sp³-hybridized carbons (Fsp3) is 0.188. The molecule has 0 radical (unpaired) electrons. The van der Waals surface area contributed by atoms with Crippen molar-refractivity contribution in [1.29, 1.82) is 0 Å². The molecular formula is C16H14FN3O. The summed E-state index contributed by atoms with van der Waals surface area (Å²) < 4.78 is 19.3. The van der Waals surface area contributed by atoms with Crippen molar-refractivity contribution in [2.45, 2.75) is 13.1 Å². The number of hydrogen-bond donors (Lipinski definition) is 1. The second-order valence-electron chi connectivity index (χ2n) is 5.17. The van der Waals surface area contributed by atoms with E-state index in [2.05, 4.69) is 27.2 Å². The van der Waals surface area contributed by atoms with Crippen LogP contribution in [0.25, 0.3) is 10.9 Å². The molecular weight excluding hydrogens is 269 g/mol. The van der Waals surface area contributed by atoms with Gasteiger partial charge in [-0.1, -0.05) is 24.3 Å². The Kier molecular flexibility index (Phi) is 2.60. The number of hydrogen-bond acceptors (Lipinski definition) is 3. The van der Waals surface area contributed by atoms with Gasteiger partial charge < -0.3 is 9.64 Å². The number of halogens is 1. The van der Waals surface area contributed by atoms with Crippen LogP contribution in [-0.2, 0) is 13.1 Å². The minimum Gasteiger partial charge on any atom is -0.496 e. The summed E-state index contributed by atoms with van der Waals surface area (Å²) >= 11 is 0. The molecule has 1 N–H and O–H groups in total. The summed E-state index contributed by atoms with van der Waals surface area (Å²) in [6, 6.07) is 11.3. The molecule has 3 aromatic rings. The summed E-state index contributed by atoms with van der Waals surface area (Å²) in [5.74, 6) is 1.05. The predicted molar refractivity (Wildman–Crippen MR) is 78.9 cm³/mol. The minimum absolute atomic E-state index is 0.318. The molecule has 0 spiro atoms. The molecule has 0 unspecified atom stereocenters. The highest BCUT2D eigenvalue weighted by atomic mass is 19.1. The number of methoxy groups -OCH3 is 1. The van der Waals surface area contributed by atoms with Crippen LogP contribution in [0.5, 0.6) is 5.75 Å². The second-order valence-corrected chi connectivity index (χ2v) is 5.17. The van der Waals surface area contributed by atoms with Crippen molar-refractivity contribution in [1.82, 2.24) is 10.2 Å². The van der Waals surface area contributed by atoms with Crippen LogP contribution in [0, 0.1) is 5.82 Å². The Morgan fingerprint density at radius 1 is 1.14 bits per heavy atom. The molecule has 0 atom stereocenters. The molecule has 5 heteroatoms. The highest BCUT2D eigenvalue weighted by Crippen LogP contribution is 2.37. The molecule has 4 nitrogen and oxygen atoms in total. The van der Waals surface area contributed by atoms with Gasteiger partial charge in [-0.25, -0.2) is 4.39 Å². The Morgan fingerprint density at radius 2 is 1.86 bits per heavy atom. The third kappa shape index (κ3) is 1.77. The molecule has 0 saturated heterocycles. The first-order valence-corrected chi connectivity index (χ1v) is 6.80. The molecule has 2 aromatic carbocycles. The van der Waals surface area contributed by atoms with E-state index in [0.717, 1.165) is 18.9 Å². The first-order valence-electron chi connectivity index (χ1n) is 6.80. The maximum absolute atomic E-state index is 13.9. The Hall–Kier alpha value is -2.56. The molecule has 0 amide bonds. The Morgan fingerprint density at radius 3 is 2.52 bits per heavy atom. The fourth-order valence-electron chi connectivity index (χ4n) is 2.94. The zero-order valence-corrected chi connectivity index (χ0v) is 11.6. The summed E-state index contributed by atoms with van der Waals surface area (Å²) in [5.41, 5.74) is 2.95. The molecule has 0 fully saturated rings. The second kappa shape index (κ2) is 4.48. The average molecular weight is 283 g/mol. The van der Waals surface area contributed by atoms with Crippen molar-refractivity contribution in [2.24, 2.45) is 0 Å². The van der Waals surface area contributed by atoms with E-state index in [1.54, 1.807) is 13.2 Å². The normalized spacial score (nSPS) is 13.7. The van der Waals surface area contributed by atoms with Gasteiger partial charge in [-0.3, -0.25) is 5.10 Å². The van der Waals surface area contributed by atoms with Crippen molar-refractivity contribution in [3.8, 4) is 5.75 Å². The molecule has 0 bridgehead atoms. The predicted octanol–water partition coefficient (Wildman–Crippen LogP) is 3.23. The van der Waals surface area contributed by atoms with Gasteiger partial charge in [-0.2, -0.15) is 5.10 Å². The maximum Gasteiger partial charge on any atom is 0.162 e. The summed E-state index contributed by atoms with van der Waals surface area (Å²) in [6.45, 7) is 1.55. The highest BCUT2D eigenvalue weighted by molar-refractivity contribution is 5.96. The van der Waals surface area contributed by atoms with Crippen LogP contribution in [0.15, 0.2) is 36.4 Å². The van der Waals surface area contributed by atoms with Crippen molar-refractivity contribution in [2.75, 3.05) is 12.0 Å². The molecule has 4 rings (SSSR count). The number of benzene rings is 2. The first-order chi connectivity index (χ1) is 10.3. The third-order valence-electron chi connectivity index (χ3n) is 3.97. The summed E-state index contributed by atoms with van der Waals surface area (Å²) in [6.07, 6.45) is 0. The lowest BCUT2D eigenvalue weighted by molar-refractivity contribution is 0.419. The number of nitrogens with one attached hydrogen (secondary N) is 1. The van der Waals surface area contributed by atoms with Crippen LogP contribution >= 0.6 is 0 Å². The highest BCUT2D eigenvalue weighted by Gasteiger charge is 2.24. The van der Waals surface area contributed by atoms with Crippen molar-refractivity contribution in [3.63, 3.8) is 0 Å². The van der Waals surface area contributed by atoms with Crippen molar-refractivity contribution in [3.05, 3.63) is 53.3 Å². The number of aromatic nitrogens is 2. The Bertz CT molecular complexity index is 803. The number of aromatic amines is 1. The van der Waals surface area contributed by atoms with Crippen LogP contribution < -0.4 is 9.64 Å². The number of ether oxygens (including phenoxy) is 1. The van der Waals surface area contributed by atoms with Crippen LogP contribution in [0.1, 0.15) is 11.1 Å². The van der Waals surface area contributed by atoms with Gasteiger partial charge >= 0.3 is 0 Å². The largest absolute Gasteiger partial charge is 0.496 e. The van der Waals surface area contributed by atoms with E-state index in [4.69, 9.17) is 4.74 Å². The quantitative estimate of drug-likeness (QED) is 0.785. The van der Waals surface area contributed by atoms with Gasteiger partial charge in [0.25, 0.3) is 0 Å². The number of anilines is 1. The van der Waals surface area contributed by atoms with Crippen LogP contribution in [-0.4, -0.2) is 17.3 Å². The molecule has 1 aliphatic rings. The smallest absolute Gasteiger partial charge is 0.162 e. The lowest BCUT2D eigenvalue weighted by Gasteiger charge is -2.15. The van der Waals surface area contributed by atoms with E-state index in [1.807, 2.05) is 12.1 Å². The van der Waals surface area contributed by atoms with E-state index in [-0.39, 0.29) is 5.82 Å². The summed E-state index contributed by atoms with van der Waals surface area (Å²) in [5, 5.41) is 7.80. The van der Waals surface area contributed by atoms with Crippen LogP contribution in [0.3, 0.4) is 0 Å². The molecule has 21 heavy (non-hydrogen) atoms. The molecule has 1 aliphatic heterocycles. The van der Waals surface area contributed by atoms with Gasteiger partial charge in [0.1, 0.15) is 17.1 Å². The standard InChI is InChI=1S/C16H14FN3O/c1-21-13-7-6-12(17)15-14(13)16(19-18-15)20-8-10-4-2-3-5-11(10)9-20/h2-7H,8-9H2,1H3,(H,18,19). The van der Waals surface area contributed by atoms with E-state index >= 15 is 0 Å². The van der Waals surface area contributed by atoms with Crippen molar-refractivity contribution < 1.29 is 9.13 Å². The number of rotatable bonds is 2. The van der Waals surface area contributed by atoms with Gasteiger partial charge in [0.15, 0.2) is 5.82 Å². The van der Waals surface area contributed by atoms with E-state index < -0.39 is 0 Å². The third-order valence-corrected chi connectivity index (χ3v) is 3.97. The molecule has 2 heterocycles. The monoisotopic (exact) mass is 283 g/mol. The average Bonchev–Trinajstić information content (AvgIpc) is 3.11. The number of H-pyrrole nitrogens is 1. The summed E-state index contributed by atoms with van der Waals surface area (Å²) in [7, 11) is 1.59. The fourth-order valence-corrected chi connectivity index (χ4v) is 2.94. The van der Waals surface area contributed by atoms with Crippen LogP contribution in [0.4, 0.5) is 10.2 Å². The van der Waals surface area contributed by atoms with Crippen LogP contribution in [0.2, 0.25) is 0 Å². The lowest BCUT2D eigenvalue weighted by Crippen LogP contribution is -2.15. The topological polar surface area (TPSA) is 41.1 Å². The van der Waals surface area contributed by atoms with Gasteiger partial charge in [0, 0.05) is 13.1 Å². The summed E-state index contributed by atoms with van der Waals surface area (Å²) in [4.78, 5) is 2.13. The first kappa shape index (κ1) is 12.2. The maximum atomic E-state index is 13.9. The zero-order chi connectivity index (χ0) is 14.4. The molecule has 0 saturated carbocycles. The number of nitrogens with zero attached hydrogens (tertiary/aromatic N) is 2. The van der Waals surface area contributed by atoms with Gasteiger partial charge in [0.2, 0.25) is 0 Å². The van der Waals surface area contributed by atoms with E-state index in [9.17, 15) is 4.39 Å². The zero-order valence-electron chi connectivity index (χ0n) is 11.6. The molecule has 1 aromatic heterocycles. The lowest BCUT2D eigenvalue weighted by atomic mass is 10.1. The Labute approximate surface area is 121 Å². The van der Waals surface area contributed by atoms with Gasteiger partial charge in [-0.15, -0.1) is 0 Å².